The molecule has 0 unspecified atom stereocenters. The maximum atomic E-state index is 8.84. The number of anilines is 1. The Labute approximate surface area is 93.9 Å². The third kappa shape index (κ3) is 1.63. The number of nitrogens with two attached hydrogens (primary N) is 1. The molecule has 4 nitrogen and oxygen atoms in total. The fourth-order valence-electron chi connectivity index (χ4n) is 1.67. The van der Waals surface area contributed by atoms with Crippen molar-refractivity contribution in [3.05, 3.63) is 41.7 Å². The number of hydrogen-bond donors (Lipinski definition) is 1. The largest absolute Gasteiger partial charge is 0.396 e. The van der Waals surface area contributed by atoms with Crippen LogP contribution in [-0.4, -0.2) is 9.78 Å². The lowest BCUT2D eigenvalue weighted by Gasteiger charge is -2.06. The van der Waals surface area contributed by atoms with Crippen molar-refractivity contribution in [1.29, 1.82) is 5.26 Å². The maximum absolute atomic E-state index is 8.84. The van der Waals surface area contributed by atoms with E-state index in [-0.39, 0.29) is 0 Å². The number of rotatable bonds is 2. The number of hydrogen-bond acceptors (Lipinski definition) is 3. The van der Waals surface area contributed by atoms with Crippen LogP contribution in [0.15, 0.2) is 30.5 Å². The molecule has 4 heteroatoms. The number of aromatic nitrogens is 2. The van der Waals surface area contributed by atoms with Gasteiger partial charge in [-0.1, -0.05) is 13.0 Å². The molecule has 80 valence electrons. The van der Waals surface area contributed by atoms with E-state index < -0.39 is 0 Å². The highest BCUT2D eigenvalue weighted by Gasteiger charge is 2.08. The highest BCUT2D eigenvalue weighted by atomic mass is 15.3. The summed E-state index contributed by atoms with van der Waals surface area (Å²) in [6.45, 7) is 2.03. The third-order valence-electron chi connectivity index (χ3n) is 2.46. The van der Waals surface area contributed by atoms with Crippen molar-refractivity contribution in [2.45, 2.75) is 13.3 Å². The second-order valence-electron chi connectivity index (χ2n) is 3.47. The summed E-state index contributed by atoms with van der Waals surface area (Å²) in [4.78, 5) is 0. The number of nitrogen functional groups attached to an aromatic ring is 1. The molecule has 2 aromatic rings. The lowest BCUT2D eigenvalue weighted by atomic mass is 10.2. The van der Waals surface area contributed by atoms with Crippen molar-refractivity contribution in [2.24, 2.45) is 0 Å². The Hall–Kier alpha value is -2.28. The summed E-state index contributed by atoms with van der Waals surface area (Å²) in [5.74, 6) is 0. The summed E-state index contributed by atoms with van der Waals surface area (Å²) in [7, 11) is 0. The summed E-state index contributed by atoms with van der Waals surface area (Å²) in [6, 6.07) is 9.42. The van der Waals surface area contributed by atoms with E-state index in [4.69, 9.17) is 11.0 Å². The van der Waals surface area contributed by atoms with E-state index in [1.54, 1.807) is 23.0 Å². The number of benzene rings is 1. The minimum Gasteiger partial charge on any atom is -0.396 e. The molecule has 1 heterocycles. The van der Waals surface area contributed by atoms with Crippen molar-refractivity contribution < 1.29 is 0 Å². The van der Waals surface area contributed by atoms with Gasteiger partial charge in [0.1, 0.15) is 0 Å². The molecule has 0 radical (unpaired) electrons. The van der Waals surface area contributed by atoms with E-state index in [0.717, 1.165) is 17.8 Å². The predicted octanol–water partition coefficient (Wildman–Crippen LogP) is 1.89. The van der Waals surface area contributed by atoms with Crippen LogP contribution in [0.2, 0.25) is 0 Å². The molecule has 0 fully saturated rings. The van der Waals surface area contributed by atoms with Gasteiger partial charge in [0.2, 0.25) is 0 Å². The Balaban J connectivity index is 2.54. The molecular weight excluding hydrogens is 200 g/mol. The standard InChI is InChI=1S/C12H12N4/c1-2-12-11(14)8-15-16(12)10-5-3-4-9(6-10)7-13/h3-6,8H,2,14H2,1H3. The zero-order valence-corrected chi connectivity index (χ0v) is 9.01. The Morgan fingerprint density at radius 1 is 1.50 bits per heavy atom. The Morgan fingerprint density at radius 2 is 2.31 bits per heavy atom. The van der Waals surface area contributed by atoms with Crippen molar-refractivity contribution in [2.75, 3.05) is 5.73 Å². The van der Waals surface area contributed by atoms with Gasteiger partial charge in [-0.15, -0.1) is 0 Å². The van der Waals surface area contributed by atoms with Crippen molar-refractivity contribution in [3.8, 4) is 11.8 Å². The molecule has 1 aromatic carbocycles. The second-order valence-corrected chi connectivity index (χ2v) is 3.47. The van der Waals surface area contributed by atoms with Gasteiger partial charge < -0.3 is 5.73 Å². The molecule has 0 aliphatic rings. The van der Waals surface area contributed by atoms with Crippen LogP contribution in [0.5, 0.6) is 0 Å². The lowest BCUT2D eigenvalue weighted by Crippen LogP contribution is -2.02. The molecule has 0 amide bonds. The predicted molar refractivity (Wildman–Crippen MR) is 62.1 cm³/mol. The summed E-state index contributed by atoms with van der Waals surface area (Å²) < 4.78 is 1.77. The van der Waals surface area contributed by atoms with Crippen molar-refractivity contribution in [3.63, 3.8) is 0 Å². The normalized spacial score (nSPS) is 10.0. The summed E-state index contributed by atoms with van der Waals surface area (Å²) in [6.07, 6.45) is 2.44. The Bertz CT molecular complexity index is 548. The van der Waals surface area contributed by atoms with Gasteiger partial charge in [0.15, 0.2) is 0 Å². The van der Waals surface area contributed by atoms with Gasteiger partial charge in [-0.2, -0.15) is 10.4 Å². The van der Waals surface area contributed by atoms with E-state index in [9.17, 15) is 0 Å². The van der Waals surface area contributed by atoms with Crippen LogP contribution >= 0.6 is 0 Å². The van der Waals surface area contributed by atoms with Crippen LogP contribution in [0.4, 0.5) is 5.69 Å². The average molecular weight is 212 g/mol. The topological polar surface area (TPSA) is 67.6 Å². The first-order chi connectivity index (χ1) is 7.76. The van der Waals surface area contributed by atoms with Gasteiger partial charge in [-0.25, -0.2) is 4.68 Å². The Kier molecular flexibility index (Phi) is 2.61. The van der Waals surface area contributed by atoms with E-state index in [1.165, 1.54) is 0 Å². The number of nitrogens with zero attached hydrogens (tertiary/aromatic N) is 3. The van der Waals surface area contributed by atoms with Crippen molar-refractivity contribution >= 4 is 5.69 Å². The lowest BCUT2D eigenvalue weighted by molar-refractivity contribution is 0.815. The molecule has 0 saturated carbocycles. The molecule has 0 aliphatic heterocycles. The van der Waals surface area contributed by atoms with Gasteiger partial charge in [0, 0.05) is 0 Å². The van der Waals surface area contributed by atoms with Crippen LogP contribution in [0, 0.1) is 11.3 Å². The molecule has 0 atom stereocenters. The quantitative estimate of drug-likeness (QED) is 0.826. The van der Waals surface area contributed by atoms with E-state index in [1.807, 2.05) is 19.1 Å². The van der Waals surface area contributed by atoms with E-state index >= 15 is 0 Å². The summed E-state index contributed by atoms with van der Waals surface area (Å²) in [5.41, 5.74) is 8.95. The fraction of sp³-hybridized carbons (Fsp3) is 0.167. The van der Waals surface area contributed by atoms with Gasteiger partial charge in [0.05, 0.1) is 34.9 Å². The molecule has 0 bridgehead atoms. The van der Waals surface area contributed by atoms with Crippen LogP contribution < -0.4 is 5.73 Å². The number of nitriles is 1. The summed E-state index contributed by atoms with van der Waals surface area (Å²) >= 11 is 0. The van der Waals surface area contributed by atoms with Crippen LogP contribution in [0.1, 0.15) is 18.2 Å². The first-order valence-electron chi connectivity index (χ1n) is 5.09. The molecule has 0 aliphatic carbocycles. The zero-order chi connectivity index (χ0) is 11.5. The average Bonchev–Trinajstić information content (AvgIpc) is 2.70. The smallest absolute Gasteiger partial charge is 0.0992 e. The maximum Gasteiger partial charge on any atom is 0.0992 e. The first-order valence-corrected chi connectivity index (χ1v) is 5.09. The van der Waals surface area contributed by atoms with Gasteiger partial charge >= 0.3 is 0 Å². The van der Waals surface area contributed by atoms with Crippen LogP contribution in [-0.2, 0) is 6.42 Å². The minimum atomic E-state index is 0.619. The molecule has 2 rings (SSSR count). The minimum absolute atomic E-state index is 0.619. The van der Waals surface area contributed by atoms with Crippen LogP contribution in [0.25, 0.3) is 5.69 Å². The first kappa shape index (κ1) is 10.2. The third-order valence-corrected chi connectivity index (χ3v) is 2.46. The van der Waals surface area contributed by atoms with E-state index in [2.05, 4.69) is 11.2 Å². The molecular formula is C12H12N4. The molecule has 0 saturated heterocycles. The van der Waals surface area contributed by atoms with Crippen molar-refractivity contribution in [1.82, 2.24) is 9.78 Å². The van der Waals surface area contributed by atoms with Gasteiger partial charge in [-0.05, 0) is 24.6 Å². The Morgan fingerprint density at radius 3 is 3.00 bits per heavy atom. The van der Waals surface area contributed by atoms with Crippen LogP contribution in [0.3, 0.4) is 0 Å². The monoisotopic (exact) mass is 212 g/mol. The highest BCUT2D eigenvalue weighted by molar-refractivity contribution is 5.48. The SMILES string of the molecule is CCc1c(N)cnn1-c1cccc(C#N)c1. The van der Waals surface area contributed by atoms with E-state index in [0.29, 0.717) is 11.3 Å². The molecule has 16 heavy (non-hydrogen) atoms. The highest BCUT2D eigenvalue weighted by Crippen LogP contribution is 2.17. The zero-order valence-electron chi connectivity index (χ0n) is 9.01. The van der Waals surface area contributed by atoms with Gasteiger partial charge in [-0.3, -0.25) is 0 Å². The second kappa shape index (κ2) is 4.07. The fourth-order valence-corrected chi connectivity index (χ4v) is 1.67. The molecule has 2 N–H and O–H groups in total. The summed E-state index contributed by atoms with van der Waals surface area (Å²) in [5, 5.41) is 13.1. The molecule has 1 aromatic heterocycles. The van der Waals surface area contributed by atoms with Gasteiger partial charge in [0.25, 0.3) is 0 Å². The molecule has 0 spiro atoms.